The van der Waals surface area contributed by atoms with Crippen LogP contribution in [0, 0.1) is 5.82 Å². The first kappa shape index (κ1) is 14.4. The molecule has 0 amide bonds. The Hall–Kier alpha value is -2.02. The molecule has 2 rings (SSSR count). The second-order valence-electron chi connectivity index (χ2n) is 3.82. The number of nitrogens with zero attached hydrogens (tertiary/aromatic N) is 1. The van der Waals surface area contributed by atoms with Crippen LogP contribution >= 0.6 is 15.9 Å². The van der Waals surface area contributed by atoms with E-state index in [-0.39, 0.29) is 18.0 Å². The van der Waals surface area contributed by atoms with Gasteiger partial charge in [0.25, 0.3) is 5.56 Å². The first-order valence-electron chi connectivity index (χ1n) is 5.74. The maximum absolute atomic E-state index is 13.0. The summed E-state index contributed by atoms with van der Waals surface area (Å²) in [5, 5.41) is 0. The van der Waals surface area contributed by atoms with E-state index in [4.69, 9.17) is 4.74 Å². The van der Waals surface area contributed by atoms with Gasteiger partial charge in [0.1, 0.15) is 17.2 Å². The van der Waals surface area contributed by atoms with Gasteiger partial charge < -0.3 is 9.72 Å². The van der Waals surface area contributed by atoms with E-state index < -0.39 is 17.3 Å². The lowest BCUT2D eigenvalue weighted by Crippen LogP contribution is -2.21. The third-order valence-corrected chi connectivity index (χ3v) is 3.14. The summed E-state index contributed by atoms with van der Waals surface area (Å²) in [7, 11) is 0. The molecule has 0 aliphatic rings. The Balaban J connectivity index is 2.43. The van der Waals surface area contributed by atoms with Gasteiger partial charge >= 0.3 is 5.97 Å². The Bertz CT molecular complexity index is 715. The van der Waals surface area contributed by atoms with Crippen LogP contribution in [0.15, 0.2) is 33.7 Å². The van der Waals surface area contributed by atoms with Crippen molar-refractivity contribution in [2.24, 2.45) is 0 Å². The van der Waals surface area contributed by atoms with E-state index in [9.17, 15) is 14.0 Å². The molecule has 1 heterocycles. The first-order chi connectivity index (χ1) is 9.52. The number of hydrogen-bond donors (Lipinski definition) is 1. The SMILES string of the molecule is CCOC(=O)c1cnc(-c2ccc(F)cc2Br)[nH]c1=O. The lowest BCUT2D eigenvalue weighted by atomic mass is 10.2. The van der Waals surface area contributed by atoms with E-state index in [2.05, 4.69) is 25.9 Å². The maximum Gasteiger partial charge on any atom is 0.345 e. The van der Waals surface area contributed by atoms with Crippen LogP contribution in [0.5, 0.6) is 0 Å². The Morgan fingerprint density at radius 3 is 2.85 bits per heavy atom. The van der Waals surface area contributed by atoms with Gasteiger partial charge in [0.05, 0.1) is 6.61 Å². The quantitative estimate of drug-likeness (QED) is 0.871. The molecular formula is C13H10BrFN2O3. The monoisotopic (exact) mass is 340 g/mol. The van der Waals surface area contributed by atoms with Crippen molar-refractivity contribution in [2.75, 3.05) is 6.61 Å². The molecule has 0 fully saturated rings. The van der Waals surface area contributed by atoms with Gasteiger partial charge in [-0.2, -0.15) is 0 Å². The topological polar surface area (TPSA) is 72.0 Å². The molecule has 1 aromatic heterocycles. The fourth-order valence-corrected chi connectivity index (χ4v) is 2.11. The molecule has 0 aliphatic carbocycles. The van der Waals surface area contributed by atoms with Gasteiger partial charge in [0, 0.05) is 16.2 Å². The number of rotatable bonds is 3. The number of carbonyl (C=O) groups excluding carboxylic acids is 1. The maximum atomic E-state index is 13.0. The molecular weight excluding hydrogens is 331 g/mol. The van der Waals surface area contributed by atoms with Crippen LogP contribution in [-0.4, -0.2) is 22.5 Å². The van der Waals surface area contributed by atoms with E-state index in [0.717, 1.165) is 6.20 Å². The predicted molar refractivity (Wildman–Crippen MR) is 73.9 cm³/mol. The lowest BCUT2D eigenvalue weighted by molar-refractivity contribution is 0.0524. The van der Waals surface area contributed by atoms with Crippen LogP contribution in [0.1, 0.15) is 17.3 Å². The van der Waals surface area contributed by atoms with E-state index >= 15 is 0 Å². The number of nitrogens with one attached hydrogen (secondary N) is 1. The largest absolute Gasteiger partial charge is 0.462 e. The van der Waals surface area contributed by atoms with Crippen molar-refractivity contribution in [2.45, 2.75) is 6.92 Å². The summed E-state index contributed by atoms with van der Waals surface area (Å²) in [5.41, 5.74) is -0.266. The number of hydrogen-bond acceptors (Lipinski definition) is 4. The molecule has 0 radical (unpaired) electrons. The number of aromatic nitrogens is 2. The average molecular weight is 341 g/mol. The highest BCUT2D eigenvalue weighted by Crippen LogP contribution is 2.25. The zero-order valence-electron chi connectivity index (χ0n) is 10.4. The van der Waals surface area contributed by atoms with E-state index in [1.807, 2.05) is 0 Å². The molecule has 1 N–H and O–H groups in total. The second kappa shape index (κ2) is 5.96. The van der Waals surface area contributed by atoms with Gasteiger partial charge in [0.2, 0.25) is 0 Å². The van der Waals surface area contributed by atoms with E-state index in [0.29, 0.717) is 10.0 Å². The van der Waals surface area contributed by atoms with Crippen molar-refractivity contribution in [3.05, 3.63) is 50.6 Å². The molecule has 0 bridgehead atoms. The van der Waals surface area contributed by atoms with Crippen LogP contribution in [-0.2, 0) is 4.74 Å². The van der Waals surface area contributed by atoms with Gasteiger partial charge in [-0.1, -0.05) is 0 Å². The summed E-state index contributed by atoms with van der Waals surface area (Å²) in [6.07, 6.45) is 1.14. The number of carbonyl (C=O) groups is 1. The van der Waals surface area contributed by atoms with Crippen molar-refractivity contribution in [1.82, 2.24) is 9.97 Å². The van der Waals surface area contributed by atoms with Gasteiger partial charge in [-0.25, -0.2) is 14.2 Å². The number of H-pyrrole nitrogens is 1. The Morgan fingerprint density at radius 2 is 2.25 bits per heavy atom. The highest BCUT2D eigenvalue weighted by Gasteiger charge is 2.14. The highest BCUT2D eigenvalue weighted by atomic mass is 79.9. The molecule has 0 unspecified atom stereocenters. The fourth-order valence-electron chi connectivity index (χ4n) is 1.57. The van der Waals surface area contributed by atoms with Gasteiger partial charge in [-0.05, 0) is 41.1 Å². The number of halogens is 2. The zero-order chi connectivity index (χ0) is 14.7. The molecule has 5 nitrogen and oxygen atoms in total. The number of aromatic amines is 1. The molecule has 0 saturated carbocycles. The highest BCUT2D eigenvalue weighted by molar-refractivity contribution is 9.10. The summed E-state index contributed by atoms with van der Waals surface area (Å²) < 4.78 is 18.2. The van der Waals surface area contributed by atoms with E-state index in [1.54, 1.807) is 6.92 Å². The molecule has 0 saturated heterocycles. The van der Waals surface area contributed by atoms with Gasteiger partial charge in [0.15, 0.2) is 0 Å². The fraction of sp³-hybridized carbons (Fsp3) is 0.154. The van der Waals surface area contributed by atoms with Crippen molar-refractivity contribution < 1.29 is 13.9 Å². The third-order valence-electron chi connectivity index (χ3n) is 2.48. The molecule has 0 atom stereocenters. The summed E-state index contributed by atoms with van der Waals surface area (Å²) in [6, 6.07) is 3.98. The summed E-state index contributed by atoms with van der Waals surface area (Å²) in [4.78, 5) is 29.8. The average Bonchev–Trinajstić information content (AvgIpc) is 2.38. The summed E-state index contributed by atoms with van der Waals surface area (Å²) >= 11 is 3.19. The Kier molecular flexibility index (Phi) is 4.29. The Labute approximate surface area is 121 Å². The van der Waals surface area contributed by atoms with E-state index in [1.165, 1.54) is 18.2 Å². The standard InChI is InChI=1S/C13H10BrFN2O3/c1-2-20-13(19)9-6-16-11(17-12(9)18)8-4-3-7(15)5-10(8)14/h3-6H,2H2,1H3,(H,16,17,18). The van der Waals surface area contributed by atoms with Crippen LogP contribution in [0.25, 0.3) is 11.4 Å². The molecule has 104 valence electrons. The first-order valence-corrected chi connectivity index (χ1v) is 6.54. The van der Waals surface area contributed by atoms with Crippen LogP contribution in [0.3, 0.4) is 0 Å². The van der Waals surface area contributed by atoms with Crippen molar-refractivity contribution in [3.63, 3.8) is 0 Å². The lowest BCUT2D eigenvalue weighted by Gasteiger charge is -2.05. The third kappa shape index (κ3) is 2.93. The van der Waals surface area contributed by atoms with Crippen molar-refractivity contribution in [3.8, 4) is 11.4 Å². The number of esters is 1. The van der Waals surface area contributed by atoms with Crippen LogP contribution < -0.4 is 5.56 Å². The Morgan fingerprint density at radius 1 is 1.50 bits per heavy atom. The van der Waals surface area contributed by atoms with Gasteiger partial charge in [-0.15, -0.1) is 0 Å². The molecule has 0 aliphatic heterocycles. The number of ether oxygens (including phenoxy) is 1. The molecule has 7 heteroatoms. The van der Waals surface area contributed by atoms with Crippen molar-refractivity contribution in [1.29, 1.82) is 0 Å². The minimum absolute atomic E-state index is 0.170. The molecule has 20 heavy (non-hydrogen) atoms. The smallest absolute Gasteiger partial charge is 0.345 e. The summed E-state index contributed by atoms with van der Waals surface area (Å²) in [5.74, 6) is -0.910. The van der Waals surface area contributed by atoms with Gasteiger partial charge in [-0.3, -0.25) is 4.79 Å². The zero-order valence-corrected chi connectivity index (χ0v) is 12.0. The van der Waals surface area contributed by atoms with Crippen LogP contribution in [0.4, 0.5) is 4.39 Å². The predicted octanol–water partition coefficient (Wildman–Crippen LogP) is 2.52. The molecule has 2 aromatic rings. The minimum Gasteiger partial charge on any atom is -0.462 e. The summed E-state index contributed by atoms with van der Waals surface area (Å²) in [6.45, 7) is 1.81. The number of benzene rings is 1. The molecule has 0 spiro atoms. The molecule has 1 aromatic carbocycles. The second-order valence-corrected chi connectivity index (χ2v) is 4.67. The van der Waals surface area contributed by atoms with Crippen molar-refractivity contribution >= 4 is 21.9 Å². The normalized spacial score (nSPS) is 10.3. The minimum atomic E-state index is -0.731. The van der Waals surface area contributed by atoms with Crippen LogP contribution in [0.2, 0.25) is 0 Å².